The summed E-state index contributed by atoms with van der Waals surface area (Å²) in [6, 6.07) is 7.82. The van der Waals surface area contributed by atoms with Crippen LogP contribution in [0.15, 0.2) is 53.6 Å². The molecule has 4 rings (SSSR count). The maximum absolute atomic E-state index is 5.54. The smallest absolute Gasteiger partial charge is 0.161 e. The highest BCUT2D eigenvalue weighted by Crippen LogP contribution is 2.40. The van der Waals surface area contributed by atoms with Crippen LogP contribution >= 0.6 is 0 Å². The van der Waals surface area contributed by atoms with Gasteiger partial charge in [0.05, 0.1) is 19.9 Å². The lowest BCUT2D eigenvalue weighted by Crippen LogP contribution is -2.54. The van der Waals surface area contributed by atoms with Gasteiger partial charge in [-0.05, 0) is 50.6 Å². The molecule has 2 N–H and O–H groups in total. The molecule has 2 aliphatic rings. The molecule has 1 unspecified atom stereocenters. The van der Waals surface area contributed by atoms with Crippen molar-refractivity contribution in [3.8, 4) is 11.5 Å². The Kier molecular flexibility index (Phi) is 5.27. The highest BCUT2D eigenvalue weighted by Gasteiger charge is 2.42. The van der Waals surface area contributed by atoms with Crippen LogP contribution in [-0.4, -0.2) is 40.6 Å². The molecule has 30 heavy (non-hydrogen) atoms. The van der Waals surface area contributed by atoms with Crippen molar-refractivity contribution in [2.45, 2.75) is 33.0 Å². The molecular formula is C22H26N6O2. The van der Waals surface area contributed by atoms with Crippen molar-refractivity contribution >= 4 is 11.3 Å². The summed E-state index contributed by atoms with van der Waals surface area (Å²) in [7, 11) is 3.27. The lowest BCUT2D eigenvalue weighted by molar-refractivity contribution is 0.243. The molecule has 156 valence electrons. The van der Waals surface area contributed by atoms with E-state index in [-0.39, 0.29) is 0 Å². The van der Waals surface area contributed by atoms with E-state index in [1.807, 2.05) is 55.4 Å². The number of aromatic nitrogens is 2. The van der Waals surface area contributed by atoms with Gasteiger partial charge in [0.25, 0.3) is 0 Å². The summed E-state index contributed by atoms with van der Waals surface area (Å²) in [5.41, 5.74) is 6.79. The molecule has 1 atom stereocenters. The first-order valence-electron chi connectivity index (χ1n) is 9.75. The molecule has 0 spiro atoms. The Morgan fingerprint density at radius 2 is 1.93 bits per heavy atom. The fourth-order valence-corrected chi connectivity index (χ4v) is 3.71. The van der Waals surface area contributed by atoms with Crippen molar-refractivity contribution in [3.05, 3.63) is 65.6 Å². The van der Waals surface area contributed by atoms with E-state index in [4.69, 9.17) is 14.5 Å². The second kappa shape index (κ2) is 7.89. The van der Waals surface area contributed by atoms with Crippen LogP contribution in [0.1, 0.15) is 30.9 Å². The molecule has 8 nitrogen and oxygen atoms in total. The fraction of sp³-hybridized carbons (Fsp3) is 0.318. The van der Waals surface area contributed by atoms with Gasteiger partial charge >= 0.3 is 0 Å². The summed E-state index contributed by atoms with van der Waals surface area (Å²) in [6.45, 7) is 6.53. The Balaban J connectivity index is 1.76. The molecule has 0 saturated heterocycles. The van der Waals surface area contributed by atoms with Crippen LogP contribution in [0, 0.1) is 6.92 Å². The average molecular weight is 406 g/mol. The van der Waals surface area contributed by atoms with Gasteiger partial charge in [-0.3, -0.25) is 10.3 Å². The molecule has 3 heterocycles. The van der Waals surface area contributed by atoms with Gasteiger partial charge in [0.2, 0.25) is 0 Å². The number of nitrogens with one attached hydrogen (secondary N) is 2. The molecule has 0 radical (unpaired) electrons. The number of methoxy groups -OCH3 is 2. The van der Waals surface area contributed by atoms with Crippen molar-refractivity contribution in [2.75, 3.05) is 14.2 Å². The maximum Gasteiger partial charge on any atom is 0.161 e. The summed E-state index contributed by atoms with van der Waals surface area (Å²) >= 11 is 0. The second-order valence-corrected chi connectivity index (χ2v) is 7.39. The van der Waals surface area contributed by atoms with E-state index in [1.54, 1.807) is 20.4 Å². The zero-order valence-corrected chi connectivity index (χ0v) is 17.9. The number of allylic oxidation sites excluding steroid dienone is 1. The van der Waals surface area contributed by atoms with Crippen molar-refractivity contribution in [3.63, 3.8) is 0 Å². The first kappa shape index (κ1) is 20.1. The zero-order chi connectivity index (χ0) is 21.3. The number of hydrazine groups is 1. The molecule has 0 saturated carbocycles. The third-order valence-electron chi connectivity index (χ3n) is 5.17. The first-order valence-corrected chi connectivity index (χ1v) is 9.75. The lowest BCUT2D eigenvalue weighted by Gasteiger charge is -2.30. The van der Waals surface area contributed by atoms with Crippen LogP contribution in [0.3, 0.4) is 0 Å². The van der Waals surface area contributed by atoms with Crippen molar-refractivity contribution in [1.82, 2.24) is 25.7 Å². The van der Waals surface area contributed by atoms with E-state index in [0.29, 0.717) is 18.0 Å². The van der Waals surface area contributed by atoms with Crippen LogP contribution < -0.4 is 20.2 Å². The first-order chi connectivity index (χ1) is 14.4. The molecule has 0 fully saturated rings. The quantitative estimate of drug-likeness (QED) is 0.763. The molecule has 2 aliphatic heterocycles. The topological polar surface area (TPSA) is 83.9 Å². The third-order valence-corrected chi connectivity index (χ3v) is 5.17. The third kappa shape index (κ3) is 3.67. The Bertz CT molecular complexity index is 1060. The number of aliphatic imine (C=N–C) groups is 1. The van der Waals surface area contributed by atoms with Gasteiger partial charge in [0, 0.05) is 30.2 Å². The van der Waals surface area contributed by atoms with E-state index in [0.717, 1.165) is 34.2 Å². The molecule has 0 amide bonds. The number of rotatable bonds is 6. The van der Waals surface area contributed by atoms with Crippen LogP contribution in [0.2, 0.25) is 0 Å². The molecular weight excluding hydrogens is 380 g/mol. The van der Waals surface area contributed by atoms with E-state index < -0.39 is 5.66 Å². The minimum absolute atomic E-state index is 0.567. The van der Waals surface area contributed by atoms with Gasteiger partial charge in [0.15, 0.2) is 17.3 Å². The summed E-state index contributed by atoms with van der Waals surface area (Å²) in [5.74, 6) is 2.94. The Morgan fingerprint density at radius 1 is 1.13 bits per heavy atom. The number of fused-ring (bicyclic) bond motifs is 1. The van der Waals surface area contributed by atoms with Gasteiger partial charge in [-0.2, -0.15) is 0 Å². The number of hydrogen-bond acceptors (Lipinski definition) is 8. The fourth-order valence-electron chi connectivity index (χ4n) is 3.71. The Labute approximate surface area is 176 Å². The van der Waals surface area contributed by atoms with Gasteiger partial charge in [-0.1, -0.05) is 6.07 Å². The van der Waals surface area contributed by atoms with Crippen LogP contribution in [0.4, 0.5) is 0 Å². The molecule has 0 aliphatic carbocycles. The van der Waals surface area contributed by atoms with Crippen LogP contribution in [-0.2, 0) is 6.54 Å². The van der Waals surface area contributed by atoms with Gasteiger partial charge in [0.1, 0.15) is 11.5 Å². The predicted octanol–water partition coefficient (Wildman–Crippen LogP) is 2.79. The molecule has 1 aromatic carbocycles. The Hall–Kier alpha value is -3.23. The molecule has 0 bridgehead atoms. The normalized spacial score (nSPS) is 20.3. The SMILES string of the molecule is COc1ccc(C2=C3N=C(C)C=CN3NC2(C)NCc2ccnc(C)n2)cc1OC. The molecule has 8 heteroatoms. The van der Waals surface area contributed by atoms with E-state index in [1.165, 1.54) is 0 Å². The highest BCUT2D eigenvalue weighted by atomic mass is 16.5. The molecule has 2 aromatic rings. The minimum Gasteiger partial charge on any atom is -0.493 e. The van der Waals surface area contributed by atoms with Crippen molar-refractivity contribution < 1.29 is 9.47 Å². The second-order valence-electron chi connectivity index (χ2n) is 7.39. The average Bonchev–Trinajstić information content (AvgIpc) is 3.03. The summed E-state index contributed by atoms with van der Waals surface area (Å²) in [6.07, 6.45) is 5.74. The van der Waals surface area contributed by atoms with E-state index >= 15 is 0 Å². The predicted molar refractivity (Wildman–Crippen MR) is 116 cm³/mol. The van der Waals surface area contributed by atoms with Crippen LogP contribution in [0.5, 0.6) is 11.5 Å². The monoisotopic (exact) mass is 406 g/mol. The van der Waals surface area contributed by atoms with Gasteiger partial charge in [-0.25, -0.2) is 20.4 Å². The number of nitrogens with zero attached hydrogens (tertiary/aromatic N) is 4. The van der Waals surface area contributed by atoms with E-state index in [2.05, 4.69) is 27.6 Å². The highest BCUT2D eigenvalue weighted by molar-refractivity contribution is 5.95. The van der Waals surface area contributed by atoms with Crippen molar-refractivity contribution in [1.29, 1.82) is 0 Å². The van der Waals surface area contributed by atoms with E-state index in [9.17, 15) is 0 Å². The Morgan fingerprint density at radius 3 is 2.67 bits per heavy atom. The lowest BCUT2D eigenvalue weighted by atomic mass is 9.94. The molecule has 1 aromatic heterocycles. The maximum atomic E-state index is 5.54. The van der Waals surface area contributed by atoms with Gasteiger partial charge < -0.3 is 9.47 Å². The number of aryl methyl sites for hydroxylation is 1. The minimum atomic E-state index is -0.591. The van der Waals surface area contributed by atoms with Crippen molar-refractivity contribution in [2.24, 2.45) is 4.99 Å². The number of ether oxygens (including phenoxy) is 2. The zero-order valence-electron chi connectivity index (χ0n) is 17.9. The summed E-state index contributed by atoms with van der Waals surface area (Å²) < 4.78 is 10.9. The summed E-state index contributed by atoms with van der Waals surface area (Å²) in [5, 5.41) is 5.55. The van der Waals surface area contributed by atoms with Gasteiger partial charge in [-0.15, -0.1) is 0 Å². The van der Waals surface area contributed by atoms with Crippen LogP contribution in [0.25, 0.3) is 5.57 Å². The number of benzene rings is 1. The standard InChI is InChI=1S/C22H26N6O2/c1-14-9-11-28-21(25-14)20(16-6-7-18(29-4)19(12-16)30-5)22(3,27-28)24-13-17-8-10-23-15(2)26-17/h6-12,24,27H,13H2,1-5H3. The number of hydrogen-bond donors (Lipinski definition) is 2. The largest absolute Gasteiger partial charge is 0.493 e. The summed E-state index contributed by atoms with van der Waals surface area (Å²) in [4.78, 5) is 13.5.